The summed E-state index contributed by atoms with van der Waals surface area (Å²) in [6.07, 6.45) is 4.60. The number of hydrogen-bond acceptors (Lipinski definition) is 6. The molecule has 37 heavy (non-hydrogen) atoms. The average Bonchev–Trinajstić information content (AvgIpc) is 3.19. The fraction of sp³-hybridized carbons (Fsp3) is 0.333. The minimum Gasteiger partial charge on any atom is -0.481 e. The summed E-state index contributed by atoms with van der Waals surface area (Å²) in [6, 6.07) is 12.6. The molecule has 0 amide bonds. The highest BCUT2D eigenvalue weighted by molar-refractivity contribution is 5.82. The van der Waals surface area contributed by atoms with Crippen LogP contribution in [-0.4, -0.2) is 50.3 Å². The van der Waals surface area contributed by atoms with Crippen LogP contribution in [0.2, 0.25) is 0 Å². The third-order valence-electron chi connectivity index (χ3n) is 7.09. The molecule has 192 valence electrons. The number of carboxylic acids is 1. The molecule has 1 aliphatic heterocycles. The van der Waals surface area contributed by atoms with Gasteiger partial charge in [0.05, 0.1) is 23.0 Å². The summed E-state index contributed by atoms with van der Waals surface area (Å²) in [7, 11) is 0. The Kier molecular flexibility index (Phi) is 6.49. The smallest absolute Gasteiger partial charge is 0.387 e. The Labute approximate surface area is 212 Å². The Morgan fingerprint density at radius 1 is 1.11 bits per heavy atom. The molecule has 0 saturated carbocycles. The molecule has 10 heteroatoms. The summed E-state index contributed by atoms with van der Waals surface area (Å²) in [6.45, 7) is 2.26. The molecule has 1 N–H and O–H groups in total. The lowest BCUT2D eigenvalue weighted by Gasteiger charge is -2.36. The van der Waals surface area contributed by atoms with E-state index in [-0.39, 0.29) is 5.75 Å². The molecule has 4 aromatic rings. The first-order chi connectivity index (χ1) is 17.7. The number of aliphatic carboxylic acids is 1. The number of nitrogens with zero attached hydrogens (tertiary/aromatic N) is 5. The zero-order valence-corrected chi connectivity index (χ0v) is 20.6. The molecule has 0 bridgehead atoms. The van der Waals surface area contributed by atoms with Crippen molar-refractivity contribution in [3.63, 3.8) is 0 Å². The average molecular weight is 508 g/mol. The van der Waals surface area contributed by atoms with Crippen LogP contribution in [0.1, 0.15) is 31.2 Å². The lowest BCUT2D eigenvalue weighted by Crippen LogP contribution is -2.43. The normalized spacial score (nSPS) is 15.3. The van der Waals surface area contributed by atoms with Gasteiger partial charge >= 0.3 is 12.6 Å². The number of aryl methyl sites for hydroxylation is 1. The van der Waals surface area contributed by atoms with Crippen LogP contribution in [0.5, 0.6) is 5.75 Å². The number of fused-ring (bicyclic) bond motifs is 1. The van der Waals surface area contributed by atoms with E-state index in [4.69, 9.17) is 4.74 Å². The van der Waals surface area contributed by atoms with Crippen LogP contribution in [0, 0.1) is 12.3 Å². The van der Waals surface area contributed by atoms with Crippen LogP contribution < -0.4 is 9.64 Å². The van der Waals surface area contributed by atoms with Gasteiger partial charge in [0.2, 0.25) is 5.95 Å². The number of piperidine rings is 1. The molecule has 1 aliphatic rings. The van der Waals surface area contributed by atoms with Crippen molar-refractivity contribution in [2.24, 2.45) is 5.41 Å². The van der Waals surface area contributed by atoms with Crippen LogP contribution in [0.25, 0.3) is 22.2 Å². The number of carbonyl (C=O) groups is 1. The molecular formula is C27H27F2N5O3. The van der Waals surface area contributed by atoms with Crippen LogP contribution in [-0.2, 0) is 11.3 Å². The highest BCUT2D eigenvalue weighted by atomic mass is 19.3. The second kappa shape index (κ2) is 9.76. The SMILES string of the molecule is Cc1nc2ccc(-c3cnc(N4CCC(C)(C(=O)O)CC4)nc3)cc2n1Cc1ccccc1OC(F)F. The molecule has 8 nitrogen and oxygen atoms in total. The number of alkyl halides is 2. The Bertz CT molecular complexity index is 1430. The zero-order valence-electron chi connectivity index (χ0n) is 20.6. The topological polar surface area (TPSA) is 93.4 Å². The predicted octanol–water partition coefficient (Wildman–Crippen LogP) is 5.14. The van der Waals surface area contributed by atoms with E-state index in [9.17, 15) is 18.7 Å². The molecule has 0 radical (unpaired) electrons. The largest absolute Gasteiger partial charge is 0.481 e. The van der Waals surface area contributed by atoms with Crippen molar-refractivity contribution in [1.82, 2.24) is 19.5 Å². The molecular weight excluding hydrogens is 480 g/mol. The third kappa shape index (κ3) is 4.96. The first kappa shape index (κ1) is 24.6. The Balaban J connectivity index is 1.39. The van der Waals surface area contributed by atoms with E-state index in [0.717, 1.165) is 28.0 Å². The van der Waals surface area contributed by atoms with Gasteiger partial charge in [-0.2, -0.15) is 8.78 Å². The van der Waals surface area contributed by atoms with E-state index in [2.05, 4.69) is 15.0 Å². The number of anilines is 1. The minimum atomic E-state index is -2.90. The lowest BCUT2D eigenvalue weighted by molar-refractivity contribution is -0.149. The van der Waals surface area contributed by atoms with Crippen LogP contribution in [0.3, 0.4) is 0 Å². The number of halogens is 2. The molecule has 0 atom stereocenters. The van der Waals surface area contributed by atoms with Gasteiger partial charge in [-0.3, -0.25) is 4.79 Å². The third-order valence-corrected chi connectivity index (χ3v) is 7.09. The summed E-state index contributed by atoms with van der Waals surface area (Å²) in [5.74, 6) is 0.705. The number of ether oxygens (including phenoxy) is 1. The molecule has 0 unspecified atom stereocenters. The van der Waals surface area contributed by atoms with E-state index in [1.54, 1.807) is 37.5 Å². The van der Waals surface area contributed by atoms with Crippen molar-refractivity contribution in [3.8, 4) is 16.9 Å². The maximum atomic E-state index is 12.9. The highest BCUT2D eigenvalue weighted by Crippen LogP contribution is 2.33. The number of carboxylic acid groups (broad SMARTS) is 1. The van der Waals surface area contributed by atoms with Crippen molar-refractivity contribution < 1.29 is 23.4 Å². The number of hydrogen-bond donors (Lipinski definition) is 1. The number of aromatic nitrogens is 4. The Morgan fingerprint density at radius 3 is 2.49 bits per heavy atom. The molecule has 3 heterocycles. The molecule has 1 fully saturated rings. The maximum Gasteiger partial charge on any atom is 0.387 e. The van der Waals surface area contributed by atoms with Crippen molar-refractivity contribution in [1.29, 1.82) is 0 Å². The van der Waals surface area contributed by atoms with Crippen molar-refractivity contribution >= 4 is 23.0 Å². The van der Waals surface area contributed by atoms with E-state index < -0.39 is 18.0 Å². The summed E-state index contributed by atoms with van der Waals surface area (Å²) >= 11 is 0. The predicted molar refractivity (Wildman–Crippen MR) is 135 cm³/mol. The number of imidazole rings is 1. The van der Waals surface area contributed by atoms with Gasteiger partial charge in [-0.25, -0.2) is 15.0 Å². The first-order valence-electron chi connectivity index (χ1n) is 12.0. The number of benzene rings is 2. The first-order valence-corrected chi connectivity index (χ1v) is 12.0. The van der Waals surface area contributed by atoms with Crippen LogP contribution >= 0.6 is 0 Å². The monoisotopic (exact) mass is 507 g/mol. The fourth-order valence-corrected chi connectivity index (χ4v) is 4.69. The van der Waals surface area contributed by atoms with E-state index in [1.807, 2.05) is 34.6 Å². The van der Waals surface area contributed by atoms with Gasteiger partial charge in [-0.15, -0.1) is 0 Å². The van der Waals surface area contributed by atoms with Crippen molar-refractivity contribution in [2.75, 3.05) is 18.0 Å². The Hall–Kier alpha value is -4.08. The second-order valence-corrected chi connectivity index (χ2v) is 9.56. The van der Waals surface area contributed by atoms with E-state index >= 15 is 0 Å². The van der Waals surface area contributed by atoms with Gasteiger partial charge in [-0.05, 0) is 50.5 Å². The number of para-hydroxylation sites is 1. The summed E-state index contributed by atoms with van der Waals surface area (Å²) in [4.78, 5) is 27.2. The maximum absolute atomic E-state index is 12.9. The van der Waals surface area contributed by atoms with Gasteiger partial charge in [0, 0.05) is 36.6 Å². The quantitative estimate of drug-likeness (QED) is 0.370. The summed E-state index contributed by atoms with van der Waals surface area (Å²) < 4.78 is 32.4. The molecule has 0 spiro atoms. The summed E-state index contributed by atoms with van der Waals surface area (Å²) in [5.41, 5.74) is 3.29. The minimum absolute atomic E-state index is 0.139. The van der Waals surface area contributed by atoms with Gasteiger partial charge in [0.15, 0.2) is 0 Å². The molecule has 1 saturated heterocycles. The van der Waals surface area contributed by atoms with E-state index in [0.29, 0.717) is 44.0 Å². The molecule has 0 aliphatic carbocycles. The highest BCUT2D eigenvalue weighted by Gasteiger charge is 2.37. The van der Waals surface area contributed by atoms with Gasteiger partial charge in [-0.1, -0.05) is 24.3 Å². The van der Waals surface area contributed by atoms with Gasteiger partial charge in [0.25, 0.3) is 0 Å². The molecule has 5 rings (SSSR count). The molecule has 2 aromatic carbocycles. The second-order valence-electron chi connectivity index (χ2n) is 9.56. The van der Waals surface area contributed by atoms with Gasteiger partial charge < -0.3 is 19.3 Å². The Morgan fingerprint density at radius 2 is 1.81 bits per heavy atom. The van der Waals surface area contributed by atoms with Gasteiger partial charge in [0.1, 0.15) is 11.6 Å². The zero-order chi connectivity index (χ0) is 26.2. The van der Waals surface area contributed by atoms with Crippen molar-refractivity contribution in [2.45, 2.75) is 39.8 Å². The van der Waals surface area contributed by atoms with Crippen LogP contribution in [0.15, 0.2) is 54.9 Å². The van der Waals surface area contributed by atoms with Crippen LogP contribution in [0.4, 0.5) is 14.7 Å². The summed E-state index contributed by atoms with van der Waals surface area (Å²) in [5, 5.41) is 9.45. The molecule has 2 aromatic heterocycles. The fourth-order valence-electron chi connectivity index (χ4n) is 4.69. The standard InChI is InChI=1S/C27H27F2N5O3/c1-17-32-21-8-7-18(13-22(21)34(17)16-19-5-3-4-6-23(19)37-25(28)29)20-14-30-26(31-15-20)33-11-9-27(2,10-12-33)24(35)36/h3-8,13-15,25H,9-12,16H2,1-2H3,(H,35,36). The number of rotatable bonds is 7. The van der Waals surface area contributed by atoms with Crippen molar-refractivity contribution in [3.05, 3.63) is 66.2 Å². The van der Waals surface area contributed by atoms with E-state index in [1.165, 1.54) is 6.07 Å². The lowest BCUT2D eigenvalue weighted by atomic mass is 9.80.